The van der Waals surface area contributed by atoms with Crippen molar-refractivity contribution in [3.63, 3.8) is 0 Å². The van der Waals surface area contributed by atoms with Gasteiger partial charge in [-0.1, -0.05) is 11.6 Å². The van der Waals surface area contributed by atoms with Crippen LogP contribution in [0.3, 0.4) is 0 Å². The van der Waals surface area contributed by atoms with Gasteiger partial charge in [0.1, 0.15) is 0 Å². The second kappa shape index (κ2) is 2.52. The summed E-state index contributed by atoms with van der Waals surface area (Å²) in [7, 11) is 0. The number of nitrogens with zero attached hydrogens (tertiary/aromatic N) is 1. The molecule has 0 radical (unpaired) electrons. The Balaban J connectivity index is 3.23. The van der Waals surface area contributed by atoms with E-state index in [4.69, 9.17) is 28.5 Å². The van der Waals surface area contributed by atoms with Gasteiger partial charge in [0.2, 0.25) is 0 Å². The van der Waals surface area contributed by atoms with Gasteiger partial charge in [-0.05, 0) is 6.07 Å². The van der Waals surface area contributed by atoms with E-state index in [1.807, 2.05) is 0 Å². The topological polar surface area (TPSA) is 42.2 Å². The summed E-state index contributed by atoms with van der Waals surface area (Å²) in [5.41, 5.74) is -0.108. The fraction of sp³-hybridized carbons (Fsp3) is 0. The second-order valence-corrected chi connectivity index (χ2v) is 2.40. The van der Waals surface area contributed by atoms with Crippen LogP contribution in [0.15, 0.2) is 12.3 Å². The lowest BCUT2D eigenvalue weighted by Crippen LogP contribution is -2.00. The summed E-state index contributed by atoms with van der Waals surface area (Å²) in [6.07, 6.45) is 1.37. The molecule has 0 aliphatic rings. The second-order valence-electron chi connectivity index (χ2n) is 1.63. The first-order chi connectivity index (χ1) is 4.63. The largest absolute Gasteiger partial charge is 0.476 e. The van der Waals surface area contributed by atoms with Crippen molar-refractivity contribution >= 4 is 29.3 Å². The summed E-state index contributed by atoms with van der Waals surface area (Å²) in [5.74, 6) is -1.13. The van der Waals surface area contributed by atoms with Gasteiger partial charge in [-0.2, -0.15) is 0 Å². The Hall–Kier alpha value is -0.670. The van der Waals surface area contributed by atoms with Crippen molar-refractivity contribution in [2.45, 2.75) is 0 Å². The van der Waals surface area contributed by atoms with Gasteiger partial charge in [-0.15, -0.1) is 0 Å². The number of hydrogen-bond acceptors (Lipinski definition) is 1. The van der Waals surface area contributed by atoms with Crippen LogP contribution >= 0.6 is 23.4 Å². The first-order valence-corrected chi connectivity index (χ1v) is 3.11. The Morgan fingerprint density at radius 3 is 2.50 bits per heavy atom. The fourth-order valence-electron chi connectivity index (χ4n) is 0.580. The molecule has 0 aromatic carbocycles. The average molecular weight is 180 g/mol. The molecular weight excluding hydrogens is 177 g/mol. The number of hydrogen-bond donors (Lipinski definition) is 1. The van der Waals surface area contributed by atoms with E-state index in [9.17, 15) is 4.79 Å². The van der Waals surface area contributed by atoms with Gasteiger partial charge in [0.25, 0.3) is 0 Å². The fourth-order valence-corrected chi connectivity index (χ4v) is 1.07. The molecule has 0 spiro atoms. The summed E-state index contributed by atoms with van der Waals surface area (Å²) in [6.45, 7) is 0. The minimum Gasteiger partial charge on any atom is -0.476 e. The lowest BCUT2D eigenvalue weighted by atomic mass is 10.4. The van der Waals surface area contributed by atoms with E-state index in [0.29, 0.717) is 0 Å². The zero-order valence-corrected chi connectivity index (χ0v) is 6.23. The molecular formula is C5H3Cl2NO2. The van der Waals surface area contributed by atoms with Crippen molar-refractivity contribution in [2.75, 3.05) is 0 Å². The third kappa shape index (κ3) is 1.10. The molecule has 1 aromatic heterocycles. The number of aromatic carboxylic acids is 1. The van der Waals surface area contributed by atoms with Crippen LogP contribution < -0.4 is 0 Å². The summed E-state index contributed by atoms with van der Waals surface area (Å²) in [5, 5.41) is 8.59. The highest BCUT2D eigenvalue weighted by molar-refractivity contribution is 6.34. The molecule has 54 valence electrons. The van der Waals surface area contributed by atoms with Crippen LogP contribution in [0, 0.1) is 0 Å². The minimum absolute atomic E-state index is 0.108. The zero-order chi connectivity index (χ0) is 7.72. The molecule has 0 bridgehead atoms. The van der Waals surface area contributed by atoms with Gasteiger partial charge in [0.15, 0.2) is 5.69 Å². The molecule has 10 heavy (non-hydrogen) atoms. The third-order valence-electron chi connectivity index (χ3n) is 0.994. The molecule has 0 amide bonds. The minimum atomic E-state index is -1.13. The number of carboxylic acid groups (broad SMARTS) is 1. The number of halogens is 2. The van der Waals surface area contributed by atoms with E-state index in [0.717, 1.165) is 4.09 Å². The van der Waals surface area contributed by atoms with Crippen LogP contribution in [0.5, 0.6) is 0 Å². The molecule has 1 N–H and O–H groups in total. The molecule has 5 heteroatoms. The van der Waals surface area contributed by atoms with E-state index in [1.165, 1.54) is 12.3 Å². The average Bonchev–Trinajstić information content (AvgIpc) is 2.11. The quantitative estimate of drug-likeness (QED) is 0.716. The lowest BCUT2D eigenvalue weighted by Gasteiger charge is -1.92. The highest BCUT2D eigenvalue weighted by Gasteiger charge is 2.12. The Morgan fingerprint density at radius 1 is 1.70 bits per heavy atom. The predicted octanol–water partition coefficient (Wildman–Crippen LogP) is 1.84. The summed E-state index contributed by atoms with van der Waals surface area (Å²) >= 11 is 10.8. The number of rotatable bonds is 1. The van der Waals surface area contributed by atoms with Crippen molar-refractivity contribution in [2.24, 2.45) is 0 Å². The molecule has 0 aliphatic heterocycles. The molecule has 0 fully saturated rings. The van der Waals surface area contributed by atoms with Crippen LogP contribution in [-0.4, -0.2) is 15.2 Å². The normalized spacial score (nSPS) is 9.80. The van der Waals surface area contributed by atoms with Gasteiger partial charge in [-0.3, -0.25) is 4.09 Å². The van der Waals surface area contributed by atoms with Crippen molar-refractivity contribution in [3.05, 3.63) is 23.0 Å². The Kier molecular flexibility index (Phi) is 1.87. The van der Waals surface area contributed by atoms with Crippen molar-refractivity contribution < 1.29 is 9.90 Å². The summed E-state index contributed by atoms with van der Waals surface area (Å²) < 4.78 is 0.935. The maximum Gasteiger partial charge on any atom is 0.355 e. The monoisotopic (exact) mass is 179 g/mol. The maximum absolute atomic E-state index is 10.3. The van der Waals surface area contributed by atoms with Crippen LogP contribution in [0.25, 0.3) is 0 Å². The molecule has 0 atom stereocenters. The van der Waals surface area contributed by atoms with Crippen molar-refractivity contribution in [3.8, 4) is 0 Å². The standard InChI is InChI=1S/C5H3Cl2NO2/c6-3-1-2-8(7)4(3)5(9)10/h1-2H,(H,9,10). The summed E-state index contributed by atoms with van der Waals surface area (Å²) in [4.78, 5) is 10.3. The van der Waals surface area contributed by atoms with Gasteiger partial charge in [-0.25, -0.2) is 4.79 Å². The number of aromatic nitrogens is 1. The number of carbonyl (C=O) groups is 1. The molecule has 1 heterocycles. The van der Waals surface area contributed by atoms with Crippen molar-refractivity contribution in [1.82, 2.24) is 4.09 Å². The van der Waals surface area contributed by atoms with Crippen LogP contribution in [0.2, 0.25) is 5.02 Å². The van der Waals surface area contributed by atoms with Gasteiger partial charge >= 0.3 is 5.97 Å². The predicted molar refractivity (Wildman–Crippen MR) is 37.7 cm³/mol. The Morgan fingerprint density at radius 2 is 2.30 bits per heavy atom. The van der Waals surface area contributed by atoms with E-state index in [2.05, 4.69) is 0 Å². The SMILES string of the molecule is O=C(O)c1c(Cl)ccn1Cl. The first kappa shape index (κ1) is 7.44. The van der Waals surface area contributed by atoms with Crippen molar-refractivity contribution in [1.29, 1.82) is 0 Å². The molecule has 1 aromatic rings. The first-order valence-electron chi connectivity index (χ1n) is 2.39. The lowest BCUT2D eigenvalue weighted by molar-refractivity contribution is 0.0690. The van der Waals surface area contributed by atoms with Crippen LogP contribution in [0.1, 0.15) is 10.5 Å². The highest BCUT2D eigenvalue weighted by Crippen LogP contribution is 2.17. The molecule has 3 nitrogen and oxygen atoms in total. The molecule has 0 saturated heterocycles. The highest BCUT2D eigenvalue weighted by atomic mass is 35.5. The van der Waals surface area contributed by atoms with E-state index >= 15 is 0 Å². The summed E-state index contributed by atoms with van der Waals surface area (Å²) in [6, 6.07) is 1.41. The molecule has 1 rings (SSSR count). The van der Waals surface area contributed by atoms with Crippen LogP contribution in [0.4, 0.5) is 0 Å². The van der Waals surface area contributed by atoms with E-state index in [1.54, 1.807) is 0 Å². The van der Waals surface area contributed by atoms with Gasteiger partial charge < -0.3 is 5.11 Å². The van der Waals surface area contributed by atoms with Gasteiger partial charge in [0, 0.05) is 18.0 Å². The third-order valence-corrected chi connectivity index (χ3v) is 1.58. The van der Waals surface area contributed by atoms with E-state index < -0.39 is 5.97 Å². The van der Waals surface area contributed by atoms with E-state index in [-0.39, 0.29) is 10.7 Å². The Labute approximate surface area is 66.9 Å². The Bertz CT molecular complexity index is 249. The van der Waals surface area contributed by atoms with Crippen LogP contribution in [-0.2, 0) is 0 Å². The smallest absolute Gasteiger partial charge is 0.355 e. The molecule has 0 aliphatic carbocycles. The molecule has 0 unspecified atom stereocenters. The number of carboxylic acids is 1. The van der Waals surface area contributed by atoms with Gasteiger partial charge in [0.05, 0.1) is 5.02 Å². The molecule has 0 saturated carbocycles. The maximum atomic E-state index is 10.3. The zero-order valence-electron chi connectivity index (χ0n) is 4.71.